The van der Waals surface area contributed by atoms with E-state index in [-0.39, 0.29) is 10.5 Å². The highest BCUT2D eigenvalue weighted by atomic mass is 127. The van der Waals surface area contributed by atoms with E-state index in [2.05, 4.69) is 27.3 Å². The fourth-order valence-electron chi connectivity index (χ4n) is 1.54. The molecule has 0 unspecified atom stereocenters. The first-order valence-electron chi connectivity index (χ1n) is 5.50. The molecule has 2 aromatic carbocycles. The van der Waals surface area contributed by atoms with E-state index in [1.54, 1.807) is 18.2 Å². The van der Waals surface area contributed by atoms with E-state index in [9.17, 15) is 13.2 Å². The maximum Gasteiger partial charge on any atom is 0.335 e. The average molecular weight is 403 g/mol. The van der Waals surface area contributed by atoms with E-state index in [0.717, 1.165) is 3.57 Å². The molecule has 0 saturated carbocycles. The number of carbonyl (C=O) groups is 1. The van der Waals surface area contributed by atoms with Crippen molar-refractivity contribution in [1.82, 2.24) is 0 Å². The van der Waals surface area contributed by atoms with Crippen LogP contribution in [0.4, 0.5) is 5.69 Å². The monoisotopic (exact) mass is 403 g/mol. The third kappa shape index (κ3) is 3.48. The number of nitrogens with one attached hydrogen (secondary N) is 1. The molecule has 2 rings (SSSR count). The number of sulfonamides is 1. The number of halogens is 1. The summed E-state index contributed by atoms with van der Waals surface area (Å²) in [5.74, 6) is -1.10. The summed E-state index contributed by atoms with van der Waals surface area (Å²) in [6, 6.07) is 12.0. The molecule has 7 heteroatoms. The van der Waals surface area contributed by atoms with Gasteiger partial charge in [0.25, 0.3) is 10.0 Å². The summed E-state index contributed by atoms with van der Waals surface area (Å²) in [5.41, 5.74) is 0.498. The molecule has 0 radical (unpaired) electrons. The molecule has 2 N–H and O–H groups in total. The Labute approximate surface area is 129 Å². The first-order chi connectivity index (χ1) is 9.38. The smallest absolute Gasteiger partial charge is 0.335 e. The Kier molecular flexibility index (Phi) is 4.29. The molecule has 0 spiro atoms. The van der Waals surface area contributed by atoms with Crippen LogP contribution in [0.25, 0.3) is 0 Å². The van der Waals surface area contributed by atoms with Gasteiger partial charge in [0.15, 0.2) is 0 Å². The molecule has 2 aromatic rings. The van der Waals surface area contributed by atoms with Gasteiger partial charge in [0.1, 0.15) is 0 Å². The minimum absolute atomic E-state index is 0.0151. The van der Waals surface area contributed by atoms with E-state index in [0.29, 0.717) is 5.69 Å². The molecule has 0 aromatic heterocycles. The van der Waals surface area contributed by atoms with Gasteiger partial charge in [-0.15, -0.1) is 0 Å². The summed E-state index contributed by atoms with van der Waals surface area (Å²) in [4.78, 5) is 10.7. The molecule has 0 fully saturated rings. The van der Waals surface area contributed by atoms with E-state index >= 15 is 0 Å². The van der Waals surface area contributed by atoms with Gasteiger partial charge in [0.2, 0.25) is 0 Å². The molecule has 0 atom stereocenters. The molecule has 0 amide bonds. The third-order valence-electron chi connectivity index (χ3n) is 2.49. The number of carboxylic acid groups (broad SMARTS) is 1. The van der Waals surface area contributed by atoms with Crippen LogP contribution in [0.3, 0.4) is 0 Å². The molecule has 20 heavy (non-hydrogen) atoms. The van der Waals surface area contributed by atoms with Crippen molar-refractivity contribution in [2.75, 3.05) is 4.72 Å². The highest BCUT2D eigenvalue weighted by Gasteiger charge is 2.15. The van der Waals surface area contributed by atoms with Crippen LogP contribution < -0.4 is 4.72 Å². The number of carboxylic acids is 1. The zero-order valence-corrected chi connectivity index (χ0v) is 13.1. The molecule has 104 valence electrons. The first kappa shape index (κ1) is 14.8. The van der Waals surface area contributed by atoms with Crippen LogP contribution in [0.2, 0.25) is 0 Å². The number of anilines is 1. The summed E-state index contributed by atoms with van der Waals surface area (Å²) in [5, 5.41) is 8.78. The lowest BCUT2D eigenvalue weighted by molar-refractivity contribution is 0.0697. The number of benzene rings is 2. The maximum absolute atomic E-state index is 12.1. The second-order valence-corrected chi connectivity index (χ2v) is 6.87. The summed E-state index contributed by atoms with van der Waals surface area (Å²) >= 11 is 2.08. The predicted octanol–water partition coefficient (Wildman–Crippen LogP) is 2.79. The summed E-state index contributed by atoms with van der Waals surface area (Å²) in [6.07, 6.45) is 0. The lowest BCUT2D eigenvalue weighted by Gasteiger charge is -2.08. The van der Waals surface area contributed by atoms with Crippen LogP contribution in [-0.4, -0.2) is 19.5 Å². The van der Waals surface area contributed by atoms with Gasteiger partial charge in [-0.05, 0) is 65.1 Å². The molecule has 0 saturated heterocycles. The van der Waals surface area contributed by atoms with Gasteiger partial charge in [-0.1, -0.05) is 6.07 Å². The van der Waals surface area contributed by atoms with Crippen molar-refractivity contribution in [3.63, 3.8) is 0 Å². The highest BCUT2D eigenvalue weighted by Crippen LogP contribution is 2.18. The van der Waals surface area contributed by atoms with E-state index in [4.69, 9.17) is 5.11 Å². The zero-order chi connectivity index (χ0) is 14.8. The topological polar surface area (TPSA) is 83.5 Å². The van der Waals surface area contributed by atoms with Crippen molar-refractivity contribution in [3.05, 3.63) is 57.7 Å². The van der Waals surface area contributed by atoms with Gasteiger partial charge < -0.3 is 5.11 Å². The Hall–Kier alpha value is -1.61. The van der Waals surface area contributed by atoms with Gasteiger partial charge in [-0.25, -0.2) is 13.2 Å². The van der Waals surface area contributed by atoms with Crippen molar-refractivity contribution in [3.8, 4) is 0 Å². The van der Waals surface area contributed by atoms with Crippen LogP contribution >= 0.6 is 22.6 Å². The lowest BCUT2D eigenvalue weighted by Crippen LogP contribution is -2.13. The summed E-state index contributed by atoms with van der Waals surface area (Å²) in [7, 11) is -3.72. The Balaban J connectivity index is 2.28. The maximum atomic E-state index is 12.1. The molecular formula is C13H10INO4S. The molecule has 0 aliphatic heterocycles. The normalized spacial score (nSPS) is 11.1. The number of hydrogen-bond acceptors (Lipinski definition) is 3. The molecule has 0 aliphatic carbocycles. The number of rotatable bonds is 4. The van der Waals surface area contributed by atoms with Crippen molar-refractivity contribution in [2.24, 2.45) is 0 Å². The van der Waals surface area contributed by atoms with Gasteiger partial charge in [-0.2, -0.15) is 0 Å². The first-order valence-corrected chi connectivity index (χ1v) is 8.06. The Morgan fingerprint density at radius 1 is 1.10 bits per heavy atom. The van der Waals surface area contributed by atoms with Crippen LogP contribution in [0.15, 0.2) is 53.4 Å². The van der Waals surface area contributed by atoms with Crippen molar-refractivity contribution in [1.29, 1.82) is 0 Å². The Bertz CT molecular complexity index is 741. The average Bonchev–Trinajstić information content (AvgIpc) is 2.38. The number of hydrogen-bond donors (Lipinski definition) is 2. The standard InChI is InChI=1S/C13H10INO4S/c14-10-2-1-3-11(8-10)15-20(18,19)12-6-4-9(5-7-12)13(16)17/h1-8,15H,(H,16,17). The van der Waals surface area contributed by atoms with Gasteiger partial charge in [0.05, 0.1) is 10.5 Å². The van der Waals surface area contributed by atoms with E-state index in [1.165, 1.54) is 24.3 Å². The van der Waals surface area contributed by atoms with Crippen molar-refractivity contribution < 1.29 is 18.3 Å². The quantitative estimate of drug-likeness (QED) is 0.770. The highest BCUT2D eigenvalue weighted by molar-refractivity contribution is 14.1. The fourth-order valence-corrected chi connectivity index (χ4v) is 3.14. The summed E-state index contributed by atoms with van der Waals surface area (Å²) in [6.45, 7) is 0. The minimum atomic E-state index is -3.72. The molecule has 5 nitrogen and oxygen atoms in total. The van der Waals surface area contributed by atoms with Crippen LogP contribution in [0, 0.1) is 3.57 Å². The van der Waals surface area contributed by atoms with Crippen molar-refractivity contribution in [2.45, 2.75) is 4.90 Å². The molecule has 0 aliphatic rings. The largest absolute Gasteiger partial charge is 0.478 e. The van der Waals surface area contributed by atoms with Gasteiger partial charge in [0, 0.05) is 9.26 Å². The number of aromatic carboxylic acids is 1. The third-order valence-corrected chi connectivity index (χ3v) is 4.56. The Morgan fingerprint density at radius 3 is 2.30 bits per heavy atom. The summed E-state index contributed by atoms with van der Waals surface area (Å²) < 4.78 is 27.6. The lowest BCUT2D eigenvalue weighted by atomic mass is 10.2. The van der Waals surface area contributed by atoms with Crippen molar-refractivity contribution >= 4 is 44.3 Å². The van der Waals surface area contributed by atoms with Crippen LogP contribution in [0.5, 0.6) is 0 Å². The van der Waals surface area contributed by atoms with Crippen LogP contribution in [0.1, 0.15) is 10.4 Å². The molecular weight excluding hydrogens is 393 g/mol. The van der Waals surface area contributed by atoms with E-state index < -0.39 is 16.0 Å². The van der Waals surface area contributed by atoms with Crippen LogP contribution in [-0.2, 0) is 10.0 Å². The fraction of sp³-hybridized carbons (Fsp3) is 0. The van der Waals surface area contributed by atoms with Gasteiger partial charge in [-0.3, -0.25) is 4.72 Å². The second-order valence-electron chi connectivity index (χ2n) is 3.95. The zero-order valence-electron chi connectivity index (χ0n) is 10.1. The Morgan fingerprint density at radius 2 is 1.75 bits per heavy atom. The van der Waals surface area contributed by atoms with Gasteiger partial charge >= 0.3 is 5.97 Å². The minimum Gasteiger partial charge on any atom is -0.478 e. The predicted molar refractivity (Wildman–Crippen MR) is 83.4 cm³/mol. The van der Waals surface area contributed by atoms with E-state index in [1.807, 2.05) is 6.07 Å². The SMILES string of the molecule is O=C(O)c1ccc(S(=O)(=O)Nc2cccc(I)c2)cc1. The molecule has 0 bridgehead atoms. The second kappa shape index (κ2) is 5.80. The molecule has 0 heterocycles.